The fourth-order valence-corrected chi connectivity index (χ4v) is 4.77. The zero-order valence-electron chi connectivity index (χ0n) is 14.3. The summed E-state index contributed by atoms with van der Waals surface area (Å²) in [6.45, 7) is 1.94. The fraction of sp³-hybridized carbons (Fsp3) is 0.158. The Balaban J connectivity index is 1.60. The molecule has 27 heavy (non-hydrogen) atoms. The number of benzene rings is 2. The van der Waals surface area contributed by atoms with E-state index >= 15 is 0 Å². The van der Waals surface area contributed by atoms with Gasteiger partial charge in [0.25, 0.3) is 0 Å². The van der Waals surface area contributed by atoms with Crippen molar-refractivity contribution >= 4 is 57.9 Å². The van der Waals surface area contributed by atoms with Crippen LogP contribution in [-0.4, -0.2) is 16.6 Å². The Morgan fingerprint density at radius 3 is 2.70 bits per heavy atom. The SMILES string of the molecule is Cc1nc(SCC(=O)Nc2ccc(F)cc2)sc1Cc1cc(Cl)ccc1Cl. The van der Waals surface area contributed by atoms with Crippen LogP contribution in [0, 0.1) is 12.7 Å². The number of aromatic nitrogens is 1. The second-order valence-corrected chi connectivity index (χ2v) is 8.89. The molecule has 0 bridgehead atoms. The van der Waals surface area contributed by atoms with Crippen LogP contribution in [0.1, 0.15) is 16.1 Å². The summed E-state index contributed by atoms with van der Waals surface area (Å²) in [5.74, 6) is -0.284. The van der Waals surface area contributed by atoms with Crippen LogP contribution in [-0.2, 0) is 11.2 Å². The lowest BCUT2D eigenvalue weighted by Gasteiger charge is -2.04. The zero-order chi connectivity index (χ0) is 19.4. The highest BCUT2D eigenvalue weighted by Crippen LogP contribution is 2.31. The predicted molar refractivity (Wildman–Crippen MR) is 112 cm³/mol. The minimum atomic E-state index is -0.340. The Morgan fingerprint density at radius 2 is 1.96 bits per heavy atom. The van der Waals surface area contributed by atoms with Crippen molar-refractivity contribution < 1.29 is 9.18 Å². The van der Waals surface area contributed by atoms with Crippen molar-refractivity contribution in [1.82, 2.24) is 4.98 Å². The molecule has 0 atom stereocenters. The van der Waals surface area contributed by atoms with Crippen molar-refractivity contribution in [2.75, 3.05) is 11.1 Å². The molecule has 2 aromatic carbocycles. The number of anilines is 1. The van der Waals surface area contributed by atoms with Crippen LogP contribution in [0.25, 0.3) is 0 Å². The third-order valence-corrected chi connectivity index (χ3v) is 6.59. The molecular weight excluding hydrogens is 426 g/mol. The lowest BCUT2D eigenvalue weighted by Crippen LogP contribution is -2.13. The summed E-state index contributed by atoms with van der Waals surface area (Å²) in [6, 6.07) is 11.1. The summed E-state index contributed by atoms with van der Waals surface area (Å²) >= 11 is 15.2. The highest BCUT2D eigenvalue weighted by Gasteiger charge is 2.13. The van der Waals surface area contributed by atoms with Crippen LogP contribution in [0.4, 0.5) is 10.1 Å². The maximum atomic E-state index is 12.9. The maximum absolute atomic E-state index is 12.9. The molecule has 8 heteroatoms. The largest absolute Gasteiger partial charge is 0.325 e. The molecule has 140 valence electrons. The number of nitrogens with zero attached hydrogens (tertiary/aromatic N) is 1. The fourth-order valence-electron chi connectivity index (χ4n) is 2.34. The van der Waals surface area contributed by atoms with Gasteiger partial charge in [0.05, 0.1) is 11.4 Å². The van der Waals surface area contributed by atoms with Gasteiger partial charge in [0.2, 0.25) is 5.91 Å². The average molecular weight is 441 g/mol. The van der Waals surface area contributed by atoms with Crippen LogP contribution >= 0.6 is 46.3 Å². The van der Waals surface area contributed by atoms with Gasteiger partial charge in [-0.3, -0.25) is 4.79 Å². The summed E-state index contributed by atoms with van der Waals surface area (Å²) in [5, 5.41) is 4.04. The summed E-state index contributed by atoms with van der Waals surface area (Å²) in [7, 11) is 0. The Labute approximate surface area is 174 Å². The van der Waals surface area contributed by atoms with Gasteiger partial charge in [0.1, 0.15) is 5.82 Å². The first-order valence-corrected chi connectivity index (χ1v) is 10.5. The number of carbonyl (C=O) groups excluding carboxylic acids is 1. The first kappa shape index (κ1) is 20.1. The molecule has 1 N–H and O–H groups in total. The third-order valence-electron chi connectivity index (χ3n) is 3.69. The van der Waals surface area contributed by atoms with E-state index in [2.05, 4.69) is 10.3 Å². The van der Waals surface area contributed by atoms with Crippen molar-refractivity contribution in [2.24, 2.45) is 0 Å². The zero-order valence-corrected chi connectivity index (χ0v) is 17.4. The molecule has 3 nitrogen and oxygen atoms in total. The van der Waals surface area contributed by atoms with Gasteiger partial charge in [-0.2, -0.15) is 0 Å². The number of hydrogen-bond donors (Lipinski definition) is 1. The van der Waals surface area contributed by atoms with E-state index in [1.807, 2.05) is 13.0 Å². The quantitative estimate of drug-likeness (QED) is 0.462. The number of nitrogens with one attached hydrogen (secondary N) is 1. The van der Waals surface area contributed by atoms with E-state index in [0.29, 0.717) is 22.2 Å². The van der Waals surface area contributed by atoms with E-state index < -0.39 is 0 Å². The molecule has 0 radical (unpaired) electrons. The Bertz CT molecular complexity index is 961. The van der Waals surface area contributed by atoms with Crippen molar-refractivity contribution in [3.05, 3.63) is 74.5 Å². The molecule has 0 fully saturated rings. The van der Waals surface area contributed by atoms with Gasteiger partial charge in [-0.15, -0.1) is 11.3 Å². The van der Waals surface area contributed by atoms with Gasteiger partial charge in [0.15, 0.2) is 4.34 Å². The summed E-state index contributed by atoms with van der Waals surface area (Å²) < 4.78 is 13.7. The first-order valence-electron chi connectivity index (χ1n) is 7.99. The van der Waals surface area contributed by atoms with Gasteiger partial charge in [0, 0.05) is 27.0 Å². The molecular formula is C19H15Cl2FN2OS2. The number of thiazole rings is 1. The second-order valence-electron chi connectivity index (χ2n) is 5.74. The second kappa shape index (κ2) is 9.06. The summed E-state index contributed by atoms with van der Waals surface area (Å²) in [5.41, 5.74) is 2.42. The maximum Gasteiger partial charge on any atom is 0.234 e. The van der Waals surface area contributed by atoms with Crippen molar-refractivity contribution in [3.8, 4) is 0 Å². The Kier molecular flexibility index (Phi) is 6.76. The highest BCUT2D eigenvalue weighted by molar-refractivity contribution is 8.01. The number of hydrogen-bond acceptors (Lipinski definition) is 4. The van der Waals surface area contributed by atoms with Crippen molar-refractivity contribution in [2.45, 2.75) is 17.7 Å². The smallest absolute Gasteiger partial charge is 0.234 e. The Hall–Kier alpha value is -1.60. The number of thioether (sulfide) groups is 1. The number of aryl methyl sites for hydroxylation is 1. The third kappa shape index (κ3) is 5.69. The van der Waals surface area contributed by atoms with Gasteiger partial charge in [-0.1, -0.05) is 35.0 Å². The molecule has 3 aromatic rings. The lowest BCUT2D eigenvalue weighted by molar-refractivity contribution is -0.113. The number of carbonyl (C=O) groups is 1. The Morgan fingerprint density at radius 1 is 1.22 bits per heavy atom. The minimum absolute atomic E-state index is 0.168. The topological polar surface area (TPSA) is 42.0 Å². The van der Waals surface area contributed by atoms with Gasteiger partial charge < -0.3 is 5.32 Å². The number of rotatable bonds is 6. The van der Waals surface area contributed by atoms with Crippen LogP contribution in [0.15, 0.2) is 46.8 Å². The van der Waals surface area contributed by atoms with Crippen molar-refractivity contribution in [3.63, 3.8) is 0 Å². The van der Waals surface area contributed by atoms with Crippen LogP contribution in [0.3, 0.4) is 0 Å². The summed E-state index contributed by atoms with van der Waals surface area (Å²) in [4.78, 5) is 17.7. The van der Waals surface area contributed by atoms with E-state index in [0.717, 1.165) is 20.5 Å². The monoisotopic (exact) mass is 440 g/mol. The van der Waals surface area contributed by atoms with Crippen LogP contribution < -0.4 is 5.32 Å². The predicted octanol–water partition coefficient (Wildman–Crippen LogP) is 6.22. The van der Waals surface area contributed by atoms with E-state index in [4.69, 9.17) is 23.2 Å². The number of halogens is 3. The number of amides is 1. The van der Waals surface area contributed by atoms with Gasteiger partial charge >= 0.3 is 0 Å². The van der Waals surface area contributed by atoms with Crippen molar-refractivity contribution in [1.29, 1.82) is 0 Å². The van der Waals surface area contributed by atoms with E-state index in [1.165, 1.54) is 47.4 Å². The lowest BCUT2D eigenvalue weighted by atomic mass is 10.1. The molecule has 0 saturated carbocycles. The molecule has 1 amide bonds. The molecule has 0 saturated heterocycles. The van der Waals surface area contributed by atoms with Crippen LogP contribution in [0.5, 0.6) is 0 Å². The molecule has 0 aliphatic rings. The molecule has 1 heterocycles. The molecule has 0 aliphatic heterocycles. The van der Waals surface area contributed by atoms with Gasteiger partial charge in [-0.05, 0) is 55.0 Å². The average Bonchev–Trinajstić information content (AvgIpc) is 2.98. The van der Waals surface area contributed by atoms with Crippen LogP contribution in [0.2, 0.25) is 10.0 Å². The standard InChI is InChI=1S/C19H15Cl2FN2OS2/c1-11-17(9-12-8-13(20)2-7-16(12)21)27-19(23-11)26-10-18(25)24-15-5-3-14(22)4-6-15/h2-8H,9-10H2,1H3,(H,24,25). The van der Waals surface area contributed by atoms with E-state index in [1.54, 1.807) is 12.1 Å². The molecule has 1 aromatic heterocycles. The highest BCUT2D eigenvalue weighted by atomic mass is 35.5. The minimum Gasteiger partial charge on any atom is -0.325 e. The van der Waals surface area contributed by atoms with E-state index in [-0.39, 0.29) is 17.5 Å². The van der Waals surface area contributed by atoms with E-state index in [9.17, 15) is 9.18 Å². The molecule has 3 rings (SSSR count). The molecule has 0 spiro atoms. The van der Waals surface area contributed by atoms with Gasteiger partial charge in [-0.25, -0.2) is 9.37 Å². The first-order chi connectivity index (χ1) is 12.9. The summed E-state index contributed by atoms with van der Waals surface area (Å²) in [6.07, 6.45) is 0.644. The normalized spacial score (nSPS) is 10.8. The molecule has 0 aliphatic carbocycles. The molecule has 0 unspecified atom stereocenters.